The average molecular weight is 241 g/mol. The lowest BCUT2D eigenvalue weighted by Crippen LogP contribution is -2.23. The Hall–Kier alpha value is 0.0500. The minimum absolute atomic E-state index is 0.770. The van der Waals surface area contributed by atoms with Gasteiger partial charge in [-0.2, -0.15) is 12.6 Å². The molecule has 0 saturated heterocycles. The van der Waals surface area contributed by atoms with Gasteiger partial charge in [0.2, 0.25) is 0 Å². The summed E-state index contributed by atoms with van der Waals surface area (Å²) < 4.78 is 0. The summed E-state index contributed by atoms with van der Waals surface area (Å²) in [4.78, 5) is 0. The molecule has 0 amide bonds. The van der Waals surface area contributed by atoms with E-state index in [4.69, 9.17) is 0 Å². The van der Waals surface area contributed by atoms with Crippen molar-refractivity contribution in [3.8, 4) is 0 Å². The second-order valence-corrected chi connectivity index (χ2v) is 5.47. The standard InChI is InChI=1S/C14H27NS/c1-3-8-15-11-13-6-7-14(5-4-9-16)12(2)10-13/h10,12,14-16H,3-9,11H2,1-2H3/t12-,14+/m0/s1. The van der Waals surface area contributed by atoms with Crippen molar-refractivity contribution in [1.29, 1.82) is 0 Å². The Morgan fingerprint density at radius 3 is 2.94 bits per heavy atom. The maximum Gasteiger partial charge on any atom is 0.0164 e. The van der Waals surface area contributed by atoms with Crippen molar-refractivity contribution < 1.29 is 0 Å². The van der Waals surface area contributed by atoms with E-state index in [-0.39, 0.29) is 0 Å². The molecule has 0 radical (unpaired) electrons. The van der Waals surface area contributed by atoms with Gasteiger partial charge in [0.25, 0.3) is 0 Å². The molecular formula is C14H27NS. The van der Waals surface area contributed by atoms with Gasteiger partial charge in [-0.3, -0.25) is 0 Å². The number of thiol groups is 1. The highest BCUT2D eigenvalue weighted by atomic mass is 32.1. The van der Waals surface area contributed by atoms with Crippen LogP contribution in [0.15, 0.2) is 11.6 Å². The van der Waals surface area contributed by atoms with E-state index in [9.17, 15) is 0 Å². The first kappa shape index (κ1) is 14.1. The Morgan fingerprint density at radius 1 is 1.50 bits per heavy atom. The fourth-order valence-electron chi connectivity index (χ4n) is 2.56. The second kappa shape index (κ2) is 8.19. The van der Waals surface area contributed by atoms with Gasteiger partial charge in [-0.15, -0.1) is 0 Å². The van der Waals surface area contributed by atoms with E-state index in [1.807, 2.05) is 0 Å². The normalized spacial score (nSPS) is 25.6. The van der Waals surface area contributed by atoms with Crippen LogP contribution in [-0.2, 0) is 0 Å². The maximum atomic E-state index is 4.30. The molecule has 1 N–H and O–H groups in total. The monoisotopic (exact) mass is 241 g/mol. The number of nitrogens with one attached hydrogen (secondary N) is 1. The predicted molar refractivity (Wildman–Crippen MR) is 76.2 cm³/mol. The summed E-state index contributed by atoms with van der Waals surface area (Å²) in [6.45, 7) is 6.85. The number of hydrogen-bond acceptors (Lipinski definition) is 2. The van der Waals surface area contributed by atoms with Gasteiger partial charge in [0, 0.05) is 6.54 Å². The minimum atomic E-state index is 0.770. The molecule has 0 spiro atoms. The van der Waals surface area contributed by atoms with Gasteiger partial charge in [-0.05, 0) is 56.2 Å². The van der Waals surface area contributed by atoms with Crippen LogP contribution in [0.25, 0.3) is 0 Å². The summed E-state index contributed by atoms with van der Waals surface area (Å²) in [5.41, 5.74) is 1.63. The molecule has 0 aliphatic heterocycles. The summed E-state index contributed by atoms with van der Waals surface area (Å²) in [5, 5.41) is 3.50. The molecule has 16 heavy (non-hydrogen) atoms. The van der Waals surface area contributed by atoms with E-state index in [0.717, 1.165) is 30.7 Å². The molecule has 0 aromatic rings. The summed E-state index contributed by atoms with van der Waals surface area (Å²) in [6, 6.07) is 0. The van der Waals surface area contributed by atoms with Gasteiger partial charge in [-0.25, -0.2) is 0 Å². The highest BCUT2D eigenvalue weighted by molar-refractivity contribution is 7.80. The zero-order valence-corrected chi connectivity index (χ0v) is 11.7. The first-order chi connectivity index (χ1) is 7.77. The average Bonchev–Trinajstić information content (AvgIpc) is 2.28. The van der Waals surface area contributed by atoms with Crippen molar-refractivity contribution in [3.05, 3.63) is 11.6 Å². The van der Waals surface area contributed by atoms with Crippen LogP contribution in [0, 0.1) is 11.8 Å². The maximum absolute atomic E-state index is 4.30. The lowest BCUT2D eigenvalue weighted by molar-refractivity contribution is 0.342. The van der Waals surface area contributed by atoms with Crippen LogP contribution < -0.4 is 5.32 Å². The molecule has 2 atom stereocenters. The number of hydrogen-bond donors (Lipinski definition) is 2. The van der Waals surface area contributed by atoms with Crippen LogP contribution in [0.1, 0.15) is 46.0 Å². The van der Waals surface area contributed by atoms with Crippen LogP contribution in [0.3, 0.4) is 0 Å². The topological polar surface area (TPSA) is 12.0 Å². The molecule has 2 heteroatoms. The fourth-order valence-corrected chi connectivity index (χ4v) is 2.74. The quantitative estimate of drug-likeness (QED) is 0.394. The summed E-state index contributed by atoms with van der Waals surface area (Å²) >= 11 is 4.30. The van der Waals surface area contributed by atoms with Crippen LogP contribution in [0.5, 0.6) is 0 Å². The summed E-state index contributed by atoms with van der Waals surface area (Å²) in [5.74, 6) is 2.71. The molecule has 0 fully saturated rings. The third-order valence-electron chi connectivity index (χ3n) is 3.59. The minimum Gasteiger partial charge on any atom is -0.313 e. The van der Waals surface area contributed by atoms with Gasteiger partial charge < -0.3 is 5.32 Å². The van der Waals surface area contributed by atoms with Crippen LogP contribution >= 0.6 is 12.6 Å². The van der Waals surface area contributed by atoms with Crippen molar-refractivity contribution in [2.75, 3.05) is 18.8 Å². The van der Waals surface area contributed by atoms with E-state index in [1.165, 1.54) is 32.1 Å². The summed E-state index contributed by atoms with van der Waals surface area (Å²) in [6.07, 6.45) is 9.06. The molecule has 0 aromatic heterocycles. The third kappa shape index (κ3) is 4.92. The van der Waals surface area contributed by atoms with Gasteiger partial charge in [0.05, 0.1) is 0 Å². The predicted octanol–water partition coefficient (Wildman–Crippen LogP) is 3.67. The van der Waals surface area contributed by atoms with Crippen molar-refractivity contribution in [2.45, 2.75) is 46.0 Å². The molecule has 1 aliphatic rings. The Bertz CT molecular complexity index is 213. The number of allylic oxidation sites excluding steroid dienone is 1. The largest absolute Gasteiger partial charge is 0.313 e. The molecule has 0 bridgehead atoms. The van der Waals surface area contributed by atoms with Crippen molar-refractivity contribution in [1.82, 2.24) is 5.32 Å². The summed E-state index contributed by atoms with van der Waals surface area (Å²) in [7, 11) is 0. The van der Waals surface area contributed by atoms with E-state index in [1.54, 1.807) is 5.57 Å². The zero-order chi connectivity index (χ0) is 11.8. The SMILES string of the molecule is CCCNCC1=C[C@H](C)[C@H](CCCS)CC1. The Kier molecular flexibility index (Phi) is 7.22. The van der Waals surface area contributed by atoms with Crippen LogP contribution in [-0.4, -0.2) is 18.8 Å². The van der Waals surface area contributed by atoms with Gasteiger partial charge >= 0.3 is 0 Å². The van der Waals surface area contributed by atoms with E-state index < -0.39 is 0 Å². The highest BCUT2D eigenvalue weighted by Crippen LogP contribution is 2.31. The lowest BCUT2D eigenvalue weighted by Gasteiger charge is -2.28. The first-order valence-corrected chi connectivity index (χ1v) is 7.42. The Balaban J connectivity index is 2.30. The first-order valence-electron chi connectivity index (χ1n) is 6.79. The van der Waals surface area contributed by atoms with E-state index in [0.29, 0.717) is 0 Å². The lowest BCUT2D eigenvalue weighted by atomic mass is 9.79. The molecule has 0 heterocycles. The van der Waals surface area contributed by atoms with Crippen molar-refractivity contribution in [2.24, 2.45) is 11.8 Å². The molecule has 1 rings (SSSR count). The highest BCUT2D eigenvalue weighted by Gasteiger charge is 2.20. The Morgan fingerprint density at radius 2 is 2.31 bits per heavy atom. The van der Waals surface area contributed by atoms with Crippen molar-refractivity contribution >= 4 is 12.6 Å². The fraction of sp³-hybridized carbons (Fsp3) is 0.857. The van der Waals surface area contributed by atoms with E-state index >= 15 is 0 Å². The molecule has 1 nitrogen and oxygen atoms in total. The van der Waals surface area contributed by atoms with Gasteiger partial charge in [0.15, 0.2) is 0 Å². The molecule has 1 aliphatic carbocycles. The van der Waals surface area contributed by atoms with Gasteiger partial charge in [0.1, 0.15) is 0 Å². The molecule has 94 valence electrons. The zero-order valence-electron chi connectivity index (χ0n) is 10.8. The molecular weight excluding hydrogens is 214 g/mol. The number of rotatable bonds is 7. The van der Waals surface area contributed by atoms with E-state index in [2.05, 4.69) is 37.9 Å². The molecule has 0 unspecified atom stereocenters. The second-order valence-electron chi connectivity index (χ2n) is 5.03. The molecule has 0 saturated carbocycles. The molecule has 0 aromatic carbocycles. The third-order valence-corrected chi connectivity index (χ3v) is 3.91. The smallest absolute Gasteiger partial charge is 0.0164 e. The van der Waals surface area contributed by atoms with Crippen molar-refractivity contribution in [3.63, 3.8) is 0 Å². The van der Waals surface area contributed by atoms with Crippen LogP contribution in [0.4, 0.5) is 0 Å². The Labute approximate surface area is 106 Å². The van der Waals surface area contributed by atoms with Crippen LogP contribution in [0.2, 0.25) is 0 Å². The van der Waals surface area contributed by atoms with Gasteiger partial charge in [-0.1, -0.05) is 25.5 Å².